The van der Waals surface area contributed by atoms with Crippen molar-refractivity contribution in [2.24, 2.45) is 0 Å². The molecule has 5 nitrogen and oxygen atoms in total. The molecule has 0 radical (unpaired) electrons. The number of nitrogens with one attached hydrogen (secondary N) is 2. The van der Waals surface area contributed by atoms with E-state index in [9.17, 15) is 9.90 Å². The van der Waals surface area contributed by atoms with Crippen LogP contribution in [0, 0.1) is 0 Å². The molecule has 1 aromatic carbocycles. The molecule has 0 bridgehead atoms. The number of hydrogen-bond acceptors (Lipinski definition) is 3. The van der Waals surface area contributed by atoms with Gasteiger partial charge in [0.2, 0.25) is 0 Å². The van der Waals surface area contributed by atoms with Crippen LogP contribution in [0.25, 0.3) is 0 Å². The average molecular weight is 292 g/mol. The van der Waals surface area contributed by atoms with Gasteiger partial charge < -0.3 is 20.5 Å². The number of aliphatic hydroxyl groups is 1. The second-order valence-corrected chi connectivity index (χ2v) is 5.46. The molecular weight excluding hydrogens is 268 g/mol. The zero-order valence-electron chi connectivity index (χ0n) is 12.5. The molecule has 116 valence electrons. The van der Waals surface area contributed by atoms with Crippen LogP contribution >= 0.6 is 0 Å². The largest absolute Gasteiger partial charge is 0.389 e. The van der Waals surface area contributed by atoms with E-state index in [1.807, 2.05) is 0 Å². The molecule has 0 aliphatic carbocycles. The Kier molecular flexibility index (Phi) is 6.02. The standard InChI is InChI=1S/C16H24N2O3/c1-12(19)13-5-7-14(8-6-13)18-16(20)17-10-9-15-4-2-3-11-21-15/h5-8,12,15,19H,2-4,9-11H2,1H3,(H2,17,18,20). The minimum Gasteiger partial charge on any atom is -0.389 e. The zero-order valence-corrected chi connectivity index (χ0v) is 12.5. The minimum absolute atomic E-state index is 0.212. The van der Waals surface area contributed by atoms with Crippen LogP contribution in [0.3, 0.4) is 0 Å². The van der Waals surface area contributed by atoms with Gasteiger partial charge in [-0.25, -0.2) is 4.79 Å². The summed E-state index contributed by atoms with van der Waals surface area (Å²) in [5.41, 5.74) is 1.54. The molecule has 1 fully saturated rings. The van der Waals surface area contributed by atoms with E-state index < -0.39 is 6.10 Å². The van der Waals surface area contributed by atoms with Crippen molar-refractivity contribution in [2.75, 3.05) is 18.5 Å². The lowest BCUT2D eigenvalue weighted by Crippen LogP contribution is -2.32. The Morgan fingerprint density at radius 2 is 2.14 bits per heavy atom. The SMILES string of the molecule is CC(O)c1ccc(NC(=O)NCCC2CCCCO2)cc1. The van der Waals surface area contributed by atoms with E-state index >= 15 is 0 Å². The summed E-state index contributed by atoms with van der Waals surface area (Å²) in [6.45, 7) is 3.16. The third-order valence-corrected chi connectivity index (χ3v) is 3.68. The predicted molar refractivity (Wildman–Crippen MR) is 82.3 cm³/mol. The Hall–Kier alpha value is -1.59. The highest BCUT2D eigenvalue weighted by Gasteiger charge is 2.13. The predicted octanol–water partition coefficient (Wildman–Crippen LogP) is 2.82. The third kappa shape index (κ3) is 5.36. The molecule has 3 N–H and O–H groups in total. The second kappa shape index (κ2) is 8.00. The lowest BCUT2D eigenvalue weighted by Gasteiger charge is -2.22. The van der Waals surface area contributed by atoms with Crippen molar-refractivity contribution < 1.29 is 14.6 Å². The summed E-state index contributed by atoms with van der Waals surface area (Å²) >= 11 is 0. The number of aliphatic hydroxyl groups excluding tert-OH is 1. The molecule has 0 spiro atoms. The summed E-state index contributed by atoms with van der Waals surface area (Å²) in [4.78, 5) is 11.8. The fourth-order valence-electron chi connectivity index (χ4n) is 2.40. The summed E-state index contributed by atoms with van der Waals surface area (Å²) < 4.78 is 5.62. The Bertz CT molecular complexity index is 439. The number of urea groups is 1. The molecular formula is C16H24N2O3. The topological polar surface area (TPSA) is 70.6 Å². The summed E-state index contributed by atoms with van der Waals surface area (Å²) in [6.07, 6.45) is 4.09. The highest BCUT2D eigenvalue weighted by atomic mass is 16.5. The Morgan fingerprint density at radius 1 is 1.38 bits per heavy atom. The minimum atomic E-state index is -0.497. The molecule has 5 heteroatoms. The molecule has 0 saturated carbocycles. The van der Waals surface area contributed by atoms with Crippen molar-refractivity contribution in [2.45, 2.75) is 44.8 Å². The van der Waals surface area contributed by atoms with E-state index in [-0.39, 0.29) is 12.1 Å². The van der Waals surface area contributed by atoms with E-state index in [2.05, 4.69) is 10.6 Å². The molecule has 2 rings (SSSR count). The Morgan fingerprint density at radius 3 is 2.76 bits per heavy atom. The van der Waals surface area contributed by atoms with Crippen LogP contribution in [-0.4, -0.2) is 30.4 Å². The van der Waals surface area contributed by atoms with E-state index in [0.717, 1.165) is 31.4 Å². The quantitative estimate of drug-likeness (QED) is 0.781. The smallest absolute Gasteiger partial charge is 0.319 e. The maximum Gasteiger partial charge on any atom is 0.319 e. The van der Waals surface area contributed by atoms with Crippen molar-refractivity contribution in [1.29, 1.82) is 0 Å². The Balaban J connectivity index is 1.68. The Labute approximate surface area is 125 Å². The highest BCUT2D eigenvalue weighted by Crippen LogP contribution is 2.16. The van der Waals surface area contributed by atoms with Gasteiger partial charge in [0.25, 0.3) is 0 Å². The van der Waals surface area contributed by atoms with Crippen molar-refractivity contribution in [3.05, 3.63) is 29.8 Å². The highest BCUT2D eigenvalue weighted by molar-refractivity contribution is 5.89. The first-order chi connectivity index (χ1) is 10.1. The van der Waals surface area contributed by atoms with Crippen LogP contribution in [0.2, 0.25) is 0 Å². The van der Waals surface area contributed by atoms with Gasteiger partial charge in [0, 0.05) is 18.8 Å². The van der Waals surface area contributed by atoms with Gasteiger partial charge in [0.1, 0.15) is 0 Å². The number of carbonyl (C=O) groups excluding carboxylic acids is 1. The second-order valence-electron chi connectivity index (χ2n) is 5.46. The summed E-state index contributed by atoms with van der Waals surface area (Å²) in [7, 11) is 0. The number of carbonyl (C=O) groups is 1. The molecule has 2 amide bonds. The van der Waals surface area contributed by atoms with E-state index in [1.54, 1.807) is 31.2 Å². The van der Waals surface area contributed by atoms with Gasteiger partial charge in [-0.2, -0.15) is 0 Å². The lowest BCUT2D eigenvalue weighted by molar-refractivity contribution is 0.0120. The van der Waals surface area contributed by atoms with E-state index in [1.165, 1.54) is 6.42 Å². The van der Waals surface area contributed by atoms with Crippen LogP contribution in [0.1, 0.15) is 44.3 Å². The maximum absolute atomic E-state index is 11.8. The van der Waals surface area contributed by atoms with Crippen LogP contribution in [0.15, 0.2) is 24.3 Å². The van der Waals surface area contributed by atoms with Gasteiger partial charge in [0.05, 0.1) is 12.2 Å². The van der Waals surface area contributed by atoms with Gasteiger partial charge in [-0.3, -0.25) is 0 Å². The van der Waals surface area contributed by atoms with Gasteiger partial charge in [0.15, 0.2) is 0 Å². The zero-order chi connectivity index (χ0) is 15.1. The van der Waals surface area contributed by atoms with E-state index in [4.69, 9.17) is 4.74 Å². The molecule has 21 heavy (non-hydrogen) atoms. The third-order valence-electron chi connectivity index (χ3n) is 3.68. The first-order valence-electron chi connectivity index (χ1n) is 7.59. The summed E-state index contributed by atoms with van der Waals surface area (Å²) in [5, 5.41) is 15.0. The fraction of sp³-hybridized carbons (Fsp3) is 0.562. The maximum atomic E-state index is 11.8. The molecule has 2 unspecified atom stereocenters. The lowest BCUT2D eigenvalue weighted by atomic mass is 10.1. The van der Waals surface area contributed by atoms with Gasteiger partial charge in [-0.05, 0) is 50.3 Å². The van der Waals surface area contributed by atoms with Crippen molar-refractivity contribution in [3.8, 4) is 0 Å². The van der Waals surface area contributed by atoms with Crippen molar-refractivity contribution in [1.82, 2.24) is 5.32 Å². The molecule has 2 atom stereocenters. The van der Waals surface area contributed by atoms with Crippen LogP contribution < -0.4 is 10.6 Å². The fourth-order valence-corrected chi connectivity index (χ4v) is 2.40. The van der Waals surface area contributed by atoms with E-state index in [0.29, 0.717) is 12.2 Å². The molecule has 1 heterocycles. The van der Waals surface area contributed by atoms with Gasteiger partial charge in [-0.1, -0.05) is 12.1 Å². The normalized spacial score (nSPS) is 19.8. The molecule has 1 aliphatic heterocycles. The van der Waals surface area contributed by atoms with Gasteiger partial charge in [-0.15, -0.1) is 0 Å². The average Bonchev–Trinajstić information content (AvgIpc) is 2.49. The summed E-state index contributed by atoms with van der Waals surface area (Å²) in [5.74, 6) is 0. The van der Waals surface area contributed by atoms with Crippen LogP contribution in [0.4, 0.5) is 10.5 Å². The number of benzene rings is 1. The van der Waals surface area contributed by atoms with Crippen molar-refractivity contribution >= 4 is 11.7 Å². The number of anilines is 1. The number of hydrogen-bond donors (Lipinski definition) is 3. The van der Waals surface area contributed by atoms with Crippen molar-refractivity contribution in [3.63, 3.8) is 0 Å². The first kappa shape index (κ1) is 15.8. The van der Waals surface area contributed by atoms with Crippen LogP contribution in [-0.2, 0) is 4.74 Å². The molecule has 1 saturated heterocycles. The number of rotatable bonds is 5. The molecule has 0 aromatic heterocycles. The van der Waals surface area contributed by atoms with Gasteiger partial charge >= 0.3 is 6.03 Å². The molecule has 1 aromatic rings. The number of ether oxygens (including phenoxy) is 1. The van der Waals surface area contributed by atoms with Crippen LogP contribution in [0.5, 0.6) is 0 Å². The molecule has 1 aliphatic rings. The monoisotopic (exact) mass is 292 g/mol. The first-order valence-corrected chi connectivity index (χ1v) is 7.59. The summed E-state index contributed by atoms with van der Waals surface area (Å²) in [6, 6.07) is 6.96. The number of amides is 2.